The first-order chi connectivity index (χ1) is 9.04. The molecule has 0 saturated heterocycles. The van der Waals surface area contributed by atoms with Gasteiger partial charge in [0, 0.05) is 6.04 Å². The molecule has 0 radical (unpaired) electrons. The highest BCUT2D eigenvalue weighted by atomic mass is 16.5. The Balaban J connectivity index is 2.04. The van der Waals surface area contributed by atoms with Gasteiger partial charge in [-0.05, 0) is 32.3 Å². The van der Waals surface area contributed by atoms with Crippen molar-refractivity contribution < 1.29 is 9.53 Å². The van der Waals surface area contributed by atoms with Crippen molar-refractivity contribution in [2.45, 2.75) is 51.7 Å². The van der Waals surface area contributed by atoms with Gasteiger partial charge in [0.25, 0.3) is 0 Å². The van der Waals surface area contributed by atoms with Crippen molar-refractivity contribution in [2.75, 3.05) is 0 Å². The molecule has 0 heterocycles. The topological polar surface area (TPSA) is 52.3 Å². The van der Waals surface area contributed by atoms with E-state index in [4.69, 9.17) is 10.5 Å². The SMILES string of the molecule is CC(OC(=O)C1(C)CCCCC1N)c1ccccc1. The summed E-state index contributed by atoms with van der Waals surface area (Å²) in [5, 5.41) is 0. The molecule has 19 heavy (non-hydrogen) atoms. The van der Waals surface area contributed by atoms with Crippen molar-refractivity contribution in [3.63, 3.8) is 0 Å². The van der Waals surface area contributed by atoms with Gasteiger partial charge < -0.3 is 10.5 Å². The van der Waals surface area contributed by atoms with Crippen LogP contribution in [0.2, 0.25) is 0 Å². The van der Waals surface area contributed by atoms with Crippen molar-refractivity contribution in [2.24, 2.45) is 11.1 Å². The molecule has 2 rings (SSSR count). The van der Waals surface area contributed by atoms with E-state index >= 15 is 0 Å². The molecule has 2 N–H and O–H groups in total. The van der Waals surface area contributed by atoms with E-state index in [0.717, 1.165) is 31.2 Å². The van der Waals surface area contributed by atoms with Gasteiger partial charge in [-0.15, -0.1) is 0 Å². The maximum Gasteiger partial charge on any atom is 0.313 e. The standard InChI is InChI=1S/C16H23NO2/c1-12(13-8-4-3-5-9-13)19-15(18)16(2)11-7-6-10-14(16)17/h3-5,8-9,12,14H,6-7,10-11,17H2,1-2H3. The highest BCUT2D eigenvalue weighted by Crippen LogP contribution is 2.37. The van der Waals surface area contributed by atoms with E-state index in [9.17, 15) is 4.79 Å². The van der Waals surface area contributed by atoms with Gasteiger partial charge in [0.2, 0.25) is 0 Å². The van der Waals surface area contributed by atoms with Crippen LogP contribution in [-0.2, 0) is 9.53 Å². The lowest BCUT2D eigenvalue weighted by atomic mass is 9.72. The maximum atomic E-state index is 12.4. The van der Waals surface area contributed by atoms with Gasteiger partial charge in [0.05, 0.1) is 5.41 Å². The zero-order valence-corrected chi connectivity index (χ0v) is 11.8. The van der Waals surface area contributed by atoms with E-state index in [2.05, 4.69) is 0 Å². The number of carbonyl (C=O) groups is 1. The highest BCUT2D eigenvalue weighted by Gasteiger charge is 2.43. The molecule has 0 amide bonds. The molecular formula is C16H23NO2. The van der Waals surface area contributed by atoms with Crippen LogP contribution in [0.15, 0.2) is 30.3 Å². The molecule has 0 aliphatic heterocycles. The zero-order chi connectivity index (χ0) is 13.9. The lowest BCUT2D eigenvalue weighted by molar-refractivity contribution is -0.163. The molecule has 1 aliphatic carbocycles. The first-order valence-corrected chi connectivity index (χ1v) is 7.05. The van der Waals surface area contributed by atoms with Crippen LogP contribution < -0.4 is 5.73 Å². The number of hydrogen-bond acceptors (Lipinski definition) is 3. The summed E-state index contributed by atoms with van der Waals surface area (Å²) in [7, 11) is 0. The second-order valence-electron chi connectivity index (χ2n) is 5.73. The lowest BCUT2D eigenvalue weighted by Crippen LogP contribution is -2.48. The fraction of sp³-hybridized carbons (Fsp3) is 0.562. The normalized spacial score (nSPS) is 28.7. The molecular weight excluding hydrogens is 238 g/mol. The van der Waals surface area contributed by atoms with Gasteiger partial charge in [0.15, 0.2) is 0 Å². The third-order valence-corrected chi connectivity index (χ3v) is 4.30. The van der Waals surface area contributed by atoms with Crippen LogP contribution in [-0.4, -0.2) is 12.0 Å². The summed E-state index contributed by atoms with van der Waals surface area (Å²) in [5.41, 5.74) is 6.62. The number of esters is 1. The minimum Gasteiger partial charge on any atom is -0.457 e. The summed E-state index contributed by atoms with van der Waals surface area (Å²) < 4.78 is 5.63. The monoisotopic (exact) mass is 261 g/mol. The van der Waals surface area contributed by atoms with Crippen molar-refractivity contribution in [3.05, 3.63) is 35.9 Å². The van der Waals surface area contributed by atoms with Crippen LogP contribution >= 0.6 is 0 Å². The van der Waals surface area contributed by atoms with Gasteiger partial charge in [-0.1, -0.05) is 43.2 Å². The first kappa shape index (κ1) is 14.1. The van der Waals surface area contributed by atoms with Crippen molar-refractivity contribution in [3.8, 4) is 0 Å². The number of nitrogens with two attached hydrogens (primary N) is 1. The van der Waals surface area contributed by atoms with E-state index in [0.29, 0.717) is 0 Å². The molecule has 104 valence electrons. The van der Waals surface area contributed by atoms with Crippen LogP contribution in [0.1, 0.15) is 51.2 Å². The third-order valence-electron chi connectivity index (χ3n) is 4.30. The van der Waals surface area contributed by atoms with Crippen molar-refractivity contribution in [1.29, 1.82) is 0 Å². The van der Waals surface area contributed by atoms with Gasteiger partial charge >= 0.3 is 5.97 Å². The smallest absolute Gasteiger partial charge is 0.313 e. The molecule has 0 aromatic heterocycles. The number of ether oxygens (including phenoxy) is 1. The summed E-state index contributed by atoms with van der Waals surface area (Å²) in [4.78, 5) is 12.4. The van der Waals surface area contributed by atoms with E-state index < -0.39 is 5.41 Å². The molecule has 1 aliphatic rings. The number of rotatable bonds is 3. The van der Waals surface area contributed by atoms with E-state index in [-0.39, 0.29) is 18.1 Å². The molecule has 0 spiro atoms. The van der Waals surface area contributed by atoms with Gasteiger partial charge in [0.1, 0.15) is 6.10 Å². The largest absolute Gasteiger partial charge is 0.457 e. The first-order valence-electron chi connectivity index (χ1n) is 7.05. The van der Waals surface area contributed by atoms with Gasteiger partial charge in [-0.2, -0.15) is 0 Å². The summed E-state index contributed by atoms with van der Waals surface area (Å²) in [5.74, 6) is -0.156. The van der Waals surface area contributed by atoms with Crippen LogP contribution in [0, 0.1) is 5.41 Å². The predicted molar refractivity (Wildman–Crippen MR) is 75.5 cm³/mol. The van der Waals surface area contributed by atoms with E-state index in [1.165, 1.54) is 0 Å². The molecule has 3 unspecified atom stereocenters. The molecule has 1 saturated carbocycles. The lowest BCUT2D eigenvalue weighted by Gasteiger charge is -2.37. The van der Waals surface area contributed by atoms with Crippen LogP contribution in [0.3, 0.4) is 0 Å². The minimum absolute atomic E-state index is 0.0864. The number of benzene rings is 1. The van der Waals surface area contributed by atoms with E-state index in [1.807, 2.05) is 44.2 Å². The van der Waals surface area contributed by atoms with Crippen LogP contribution in [0.4, 0.5) is 0 Å². The molecule has 1 aromatic rings. The summed E-state index contributed by atoms with van der Waals surface area (Å²) in [6, 6.07) is 9.72. The Hall–Kier alpha value is -1.35. The average Bonchev–Trinajstić information content (AvgIpc) is 2.43. The Morgan fingerprint density at radius 1 is 1.37 bits per heavy atom. The molecule has 3 nitrogen and oxygen atoms in total. The number of carbonyl (C=O) groups excluding carboxylic acids is 1. The van der Waals surface area contributed by atoms with Crippen LogP contribution in [0.5, 0.6) is 0 Å². The predicted octanol–water partition coefficient (Wildman–Crippen LogP) is 3.20. The quantitative estimate of drug-likeness (QED) is 0.850. The van der Waals surface area contributed by atoms with Gasteiger partial charge in [-0.3, -0.25) is 4.79 Å². The third kappa shape index (κ3) is 2.98. The van der Waals surface area contributed by atoms with Crippen molar-refractivity contribution >= 4 is 5.97 Å². The fourth-order valence-electron chi connectivity index (χ4n) is 2.70. The minimum atomic E-state index is -0.526. The Morgan fingerprint density at radius 2 is 2.05 bits per heavy atom. The summed E-state index contributed by atoms with van der Waals surface area (Å²) in [6.07, 6.45) is 3.68. The fourth-order valence-corrected chi connectivity index (χ4v) is 2.70. The summed E-state index contributed by atoms with van der Waals surface area (Å²) >= 11 is 0. The van der Waals surface area contributed by atoms with Crippen molar-refractivity contribution in [1.82, 2.24) is 0 Å². The molecule has 1 fully saturated rings. The second kappa shape index (κ2) is 5.74. The van der Waals surface area contributed by atoms with Crippen LogP contribution in [0.25, 0.3) is 0 Å². The summed E-state index contributed by atoms with van der Waals surface area (Å²) in [6.45, 7) is 3.85. The Morgan fingerprint density at radius 3 is 2.68 bits per heavy atom. The number of hydrogen-bond donors (Lipinski definition) is 1. The molecule has 3 heteroatoms. The Labute approximate surface area is 115 Å². The maximum absolute atomic E-state index is 12.4. The zero-order valence-electron chi connectivity index (χ0n) is 11.8. The highest BCUT2D eigenvalue weighted by molar-refractivity contribution is 5.77. The Bertz CT molecular complexity index is 432. The average molecular weight is 261 g/mol. The van der Waals surface area contributed by atoms with E-state index in [1.54, 1.807) is 0 Å². The molecule has 0 bridgehead atoms. The Kier molecular flexibility index (Phi) is 4.25. The van der Waals surface area contributed by atoms with Gasteiger partial charge in [-0.25, -0.2) is 0 Å². The second-order valence-corrected chi connectivity index (χ2v) is 5.73. The molecule has 1 aromatic carbocycles. The molecule has 3 atom stereocenters.